The summed E-state index contributed by atoms with van der Waals surface area (Å²) in [6.07, 6.45) is 7.42. The summed E-state index contributed by atoms with van der Waals surface area (Å²) in [5.41, 5.74) is 2.51. The third kappa shape index (κ3) is 5.71. The van der Waals surface area contributed by atoms with Crippen LogP contribution in [-0.2, 0) is 11.3 Å². The molecule has 2 aliphatic rings. The van der Waals surface area contributed by atoms with Gasteiger partial charge in [-0.2, -0.15) is 0 Å². The first-order valence-corrected chi connectivity index (χ1v) is 11.0. The molecule has 3 rings (SSSR count). The second kappa shape index (κ2) is 10.3. The molecule has 0 bridgehead atoms. The number of amides is 1. The van der Waals surface area contributed by atoms with Crippen molar-refractivity contribution in [2.75, 3.05) is 33.3 Å². The highest BCUT2D eigenvalue weighted by Gasteiger charge is 2.27. The number of piperazine rings is 1. The van der Waals surface area contributed by atoms with Crippen LogP contribution in [0.2, 0.25) is 0 Å². The Morgan fingerprint density at radius 3 is 2.46 bits per heavy atom. The van der Waals surface area contributed by atoms with Crippen molar-refractivity contribution in [3.8, 4) is 5.75 Å². The molecule has 1 unspecified atom stereocenters. The molecule has 28 heavy (non-hydrogen) atoms. The zero-order valence-corrected chi connectivity index (χ0v) is 17.9. The van der Waals surface area contributed by atoms with Gasteiger partial charge in [0.25, 0.3) is 0 Å². The predicted molar refractivity (Wildman–Crippen MR) is 114 cm³/mol. The molecule has 156 valence electrons. The molecule has 1 saturated heterocycles. The number of rotatable bonds is 6. The normalized spacial score (nSPS) is 21.1. The summed E-state index contributed by atoms with van der Waals surface area (Å²) in [7, 11) is 1.74. The zero-order chi connectivity index (χ0) is 19.9. The van der Waals surface area contributed by atoms with Gasteiger partial charge in [-0.05, 0) is 32.8 Å². The molecule has 0 radical (unpaired) electrons. The molecule has 0 spiro atoms. The molecular weight excluding hydrogens is 350 g/mol. The van der Waals surface area contributed by atoms with Crippen LogP contribution in [-0.4, -0.2) is 61.1 Å². The van der Waals surface area contributed by atoms with E-state index in [2.05, 4.69) is 47.2 Å². The lowest BCUT2D eigenvalue weighted by Gasteiger charge is -2.38. The van der Waals surface area contributed by atoms with Crippen molar-refractivity contribution < 1.29 is 9.53 Å². The van der Waals surface area contributed by atoms with E-state index in [9.17, 15) is 4.79 Å². The van der Waals surface area contributed by atoms with Crippen LogP contribution in [0, 0.1) is 6.92 Å². The van der Waals surface area contributed by atoms with Gasteiger partial charge in [0.2, 0.25) is 5.91 Å². The Morgan fingerprint density at radius 1 is 1.14 bits per heavy atom. The van der Waals surface area contributed by atoms with Crippen LogP contribution < -0.4 is 10.1 Å². The molecule has 1 N–H and O–H groups in total. The van der Waals surface area contributed by atoms with Crippen molar-refractivity contribution in [1.29, 1.82) is 0 Å². The van der Waals surface area contributed by atoms with Gasteiger partial charge in [-0.3, -0.25) is 14.6 Å². The fraction of sp³-hybridized carbons (Fsp3) is 0.696. The highest BCUT2D eigenvalue weighted by Crippen LogP contribution is 2.22. The molecule has 1 aromatic carbocycles. The average Bonchev–Trinajstić information content (AvgIpc) is 2.97. The average molecular weight is 388 g/mol. The third-order valence-electron chi connectivity index (χ3n) is 6.37. The van der Waals surface area contributed by atoms with E-state index in [0.29, 0.717) is 6.04 Å². The van der Waals surface area contributed by atoms with Crippen molar-refractivity contribution in [3.63, 3.8) is 0 Å². The molecule has 1 saturated carbocycles. The summed E-state index contributed by atoms with van der Waals surface area (Å²) in [4.78, 5) is 17.5. The zero-order valence-electron chi connectivity index (χ0n) is 17.9. The van der Waals surface area contributed by atoms with Crippen molar-refractivity contribution >= 4 is 5.91 Å². The summed E-state index contributed by atoms with van der Waals surface area (Å²) in [5.74, 6) is 1.17. The van der Waals surface area contributed by atoms with Crippen molar-refractivity contribution in [1.82, 2.24) is 15.1 Å². The van der Waals surface area contributed by atoms with E-state index in [-0.39, 0.29) is 11.9 Å². The summed E-state index contributed by atoms with van der Waals surface area (Å²) in [5, 5.41) is 3.32. The van der Waals surface area contributed by atoms with E-state index in [1.165, 1.54) is 36.8 Å². The number of aryl methyl sites for hydroxylation is 1. The SMILES string of the molecule is COc1ccc(C)cc1CN1CCN(C(C)C(=O)NC2CCCCCC2)CC1. The molecule has 5 heteroatoms. The first-order valence-electron chi connectivity index (χ1n) is 11.0. The fourth-order valence-electron chi connectivity index (χ4n) is 4.49. The highest BCUT2D eigenvalue weighted by molar-refractivity contribution is 5.81. The maximum atomic E-state index is 12.7. The van der Waals surface area contributed by atoms with Gasteiger partial charge >= 0.3 is 0 Å². The Labute approximate surface area is 170 Å². The number of ether oxygens (including phenoxy) is 1. The van der Waals surface area contributed by atoms with Crippen molar-refractivity contribution in [3.05, 3.63) is 29.3 Å². The number of nitrogens with one attached hydrogen (secondary N) is 1. The van der Waals surface area contributed by atoms with Crippen LogP contribution in [0.15, 0.2) is 18.2 Å². The Bertz CT molecular complexity index is 633. The maximum absolute atomic E-state index is 12.7. The van der Waals surface area contributed by atoms with Gasteiger partial charge in [-0.15, -0.1) is 0 Å². The maximum Gasteiger partial charge on any atom is 0.237 e. The number of hydrogen-bond acceptors (Lipinski definition) is 4. The van der Waals surface area contributed by atoms with E-state index < -0.39 is 0 Å². The number of carbonyl (C=O) groups is 1. The first-order chi connectivity index (χ1) is 13.6. The molecule has 1 atom stereocenters. The van der Waals surface area contributed by atoms with Crippen molar-refractivity contribution in [2.24, 2.45) is 0 Å². The molecule has 0 aromatic heterocycles. The first kappa shape index (κ1) is 21.1. The van der Waals surface area contributed by atoms with Crippen LogP contribution in [0.4, 0.5) is 0 Å². The third-order valence-corrected chi connectivity index (χ3v) is 6.37. The highest BCUT2D eigenvalue weighted by atomic mass is 16.5. The van der Waals surface area contributed by atoms with Gasteiger partial charge in [0.15, 0.2) is 0 Å². The summed E-state index contributed by atoms with van der Waals surface area (Å²) >= 11 is 0. The second-order valence-corrected chi connectivity index (χ2v) is 8.50. The van der Waals surface area contributed by atoms with Crippen LogP contribution in [0.1, 0.15) is 56.6 Å². The molecular formula is C23H37N3O2. The topological polar surface area (TPSA) is 44.8 Å². The van der Waals surface area contributed by atoms with Gasteiger partial charge in [-0.25, -0.2) is 0 Å². The lowest BCUT2D eigenvalue weighted by atomic mass is 10.1. The molecule has 1 aliphatic heterocycles. The van der Waals surface area contributed by atoms with Gasteiger partial charge in [0.05, 0.1) is 13.2 Å². The van der Waals surface area contributed by atoms with Crippen LogP contribution >= 0.6 is 0 Å². The monoisotopic (exact) mass is 387 g/mol. The molecule has 5 nitrogen and oxygen atoms in total. The summed E-state index contributed by atoms with van der Waals surface area (Å²) in [6.45, 7) is 8.93. The molecule has 2 fully saturated rings. The lowest BCUT2D eigenvalue weighted by molar-refractivity contribution is -0.127. The molecule has 1 aliphatic carbocycles. The number of benzene rings is 1. The van der Waals surface area contributed by atoms with Crippen LogP contribution in [0.3, 0.4) is 0 Å². The van der Waals surface area contributed by atoms with E-state index in [1.807, 2.05) is 0 Å². The predicted octanol–water partition coefficient (Wildman–Crippen LogP) is 3.35. The van der Waals surface area contributed by atoms with Crippen LogP contribution in [0.25, 0.3) is 0 Å². The van der Waals surface area contributed by atoms with Gasteiger partial charge in [0.1, 0.15) is 5.75 Å². The number of methoxy groups -OCH3 is 1. The second-order valence-electron chi connectivity index (χ2n) is 8.50. The number of hydrogen-bond donors (Lipinski definition) is 1. The minimum Gasteiger partial charge on any atom is -0.496 e. The minimum absolute atomic E-state index is 0.0427. The summed E-state index contributed by atoms with van der Waals surface area (Å²) in [6, 6.07) is 6.70. The van der Waals surface area contributed by atoms with Crippen LogP contribution in [0.5, 0.6) is 5.75 Å². The largest absolute Gasteiger partial charge is 0.496 e. The summed E-state index contributed by atoms with van der Waals surface area (Å²) < 4.78 is 5.52. The van der Waals surface area contributed by atoms with E-state index >= 15 is 0 Å². The minimum atomic E-state index is -0.0427. The quantitative estimate of drug-likeness (QED) is 0.761. The Morgan fingerprint density at radius 2 is 1.82 bits per heavy atom. The van der Waals surface area contributed by atoms with Gasteiger partial charge < -0.3 is 10.1 Å². The van der Waals surface area contributed by atoms with E-state index in [4.69, 9.17) is 4.74 Å². The Hall–Kier alpha value is -1.59. The fourth-order valence-corrected chi connectivity index (χ4v) is 4.49. The number of carbonyl (C=O) groups excluding carboxylic acids is 1. The Balaban J connectivity index is 1.47. The lowest BCUT2D eigenvalue weighted by Crippen LogP contribution is -2.54. The van der Waals surface area contributed by atoms with Gasteiger partial charge in [-0.1, -0.05) is 43.4 Å². The van der Waals surface area contributed by atoms with E-state index in [0.717, 1.165) is 51.3 Å². The van der Waals surface area contributed by atoms with E-state index in [1.54, 1.807) is 7.11 Å². The smallest absolute Gasteiger partial charge is 0.237 e. The molecule has 1 aromatic rings. The number of nitrogens with zero attached hydrogens (tertiary/aromatic N) is 2. The molecule has 1 amide bonds. The van der Waals surface area contributed by atoms with Crippen molar-refractivity contribution in [2.45, 2.75) is 71.0 Å². The standard InChI is InChI=1S/C23H37N3O2/c1-18-10-11-22(28-3)20(16-18)17-25-12-14-26(15-13-25)19(2)23(27)24-21-8-6-4-5-7-9-21/h10-11,16,19,21H,4-9,12-15,17H2,1-3H3,(H,24,27). The Kier molecular flexibility index (Phi) is 7.74. The molecule has 1 heterocycles. The van der Waals surface area contributed by atoms with Gasteiger partial charge in [0, 0.05) is 44.3 Å².